The van der Waals surface area contributed by atoms with E-state index in [0.29, 0.717) is 40.3 Å². The Bertz CT molecular complexity index is 1280. The average Bonchev–Trinajstić information content (AvgIpc) is 3.25. The first-order valence-corrected chi connectivity index (χ1v) is 12.2. The highest BCUT2D eigenvalue weighted by atomic mass is 35.5. The molecule has 0 fully saturated rings. The maximum absolute atomic E-state index is 14.3. The maximum Gasteiger partial charge on any atom is 0.490 e. The monoisotopic (exact) mass is 538 g/mol. The molecule has 0 amide bonds. The Kier molecular flexibility index (Phi) is 7.68. The van der Waals surface area contributed by atoms with Crippen molar-refractivity contribution in [1.29, 1.82) is 0 Å². The van der Waals surface area contributed by atoms with Gasteiger partial charge in [0.1, 0.15) is 28.9 Å². The van der Waals surface area contributed by atoms with Crippen LogP contribution in [-0.4, -0.2) is 43.8 Å². The molecule has 0 spiro atoms. The van der Waals surface area contributed by atoms with E-state index in [4.69, 9.17) is 26.2 Å². The molecule has 1 aliphatic rings. The highest BCUT2D eigenvalue weighted by Crippen LogP contribution is 2.39. The maximum atomic E-state index is 14.3. The molecule has 34 heavy (non-hydrogen) atoms. The van der Waals surface area contributed by atoms with Crippen LogP contribution in [0.15, 0.2) is 52.9 Å². The Morgan fingerprint density at radius 1 is 1.21 bits per heavy atom. The Hall–Kier alpha value is -2.90. The molecule has 2 heterocycles. The van der Waals surface area contributed by atoms with Crippen molar-refractivity contribution in [2.75, 3.05) is 18.1 Å². The second-order valence-corrected chi connectivity index (χ2v) is 10.1. The van der Waals surface area contributed by atoms with Crippen molar-refractivity contribution in [2.45, 2.75) is 16.8 Å². The number of halogens is 5. The summed E-state index contributed by atoms with van der Waals surface area (Å²) in [6.07, 6.45) is -3.51. The van der Waals surface area contributed by atoms with Gasteiger partial charge in [0.05, 0.1) is 22.8 Å². The number of ether oxygens (including phenoxy) is 1. The quantitative estimate of drug-likeness (QED) is 0.463. The molecule has 7 nitrogen and oxygen atoms in total. The lowest BCUT2D eigenvalue weighted by Crippen LogP contribution is -2.29. The molecule has 3 aromatic rings. The minimum absolute atomic E-state index is 0.148. The summed E-state index contributed by atoms with van der Waals surface area (Å²) in [6, 6.07) is 9.09. The predicted molar refractivity (Wildman–Crippen MR) is 117 cm³/mol. The predicted octanol–water partition coefficient (Wildman–Crippen LogP) is 5.07. The number of sulfone groups is 1. The summed E-state index contributed by atoms with van der Waals surface area (Å²) in [5.41, 5.74) is 0.970. The van der Waals surface area contributed by atoms with Gasteiger partial charge in [-0.05, 0) is 30.3 Å². The first kappa shape index (κ1) is 25.7. The minimum atomic E-state index is -5.08. The Morgan fingerprint density at radius 3 is 2.47 bits per heavy atom. The molecular weight excluding hydrogens is 524 g/mol. The molecule has 1 aromatic heterocycles. The van der Waals surface area contributed by atoms with Crippen LogP contribution in [0.1, 0.15) is 5.01 Å². The first-order valence-electron chi connectivity index (χ1n) is 9.29. The van der Waals surface area contributed by atoms with E-state index in [1.165, 1.54) is 29.5 Å². The number of anilines is 2. The van der Waals surface area contributed by atoms with E-state index in [1.807, 2.05) is 0 Å². The lowest BCUT2D eigenvalue weighted by molar-refractivity contribution is -0.192. The Labute approximate surface area is 200 Å². The fourth-order valence-electron chi connectivity index (χ4n) is 2.91. The number of hydrogen-bond donors (Lipinski definition) is 1. The van der Waals surface area contributed by atoms with Crippen LogP contribution in [0.5, 0.6) is 5.75 Å². The summed E-state index contributed by atoms with van der Waals surface area (Å²) < 4.78 is 77.0. The fourth-order valence-corrected chi connectivity index (χ4v) is 5.34. The zero-order chi connectivity index (χ0) is 25.1. The van der Waals surface area contributed by atoms with Crippen molar-refractivity contribution >= 4 is 50.1 Å². The van der Waals surface area contributed by atoms with Gasteiger partial charge in [-0.25, -0.2) is 22.6 Å². The largest absolute Gasteiger partial charge is 0.490 e. The van der Waals surface area contributed by atoms with Crippen LogP contribution in [0.4, 0.5) is 28.9 Å². The topological polar surface area (TPSA) is 96.8 Å². The minimum Gasteiger partial charge on any atom is -0.489 e. The number of rotatable bonds is 4. The van der Waals surface area contributed by atoms with Gasteiger partial charge < -0.3 is 14.7 Å². The van der Waals surface area contributed by atoms with Crippen molar-refractivity contribution < 1.29 is 40.6 Å². The molecule has 0 saturated carbocycles. The smallest absolute Gasteiger partial charge is 0.489 e. The third-order valence-corrected chi connectivity index (χ3v) is 7.22. The number of aromatic nitrogens is 1. The molecule has 1 N–H and O–H groups in total. The molecular formula is C20H15ClF4N2O5S2. The van der Waals surface area contributed by atoms with Gasteiger partial charge in [0, 0.05) is 22.7 Å². The normalized spacial score (nSPS) is 13.4. The van der Waals surface area contributed by atoms with Crippen LogP contribution in [0.25, 0.3) is 0 Å². The molecule has 0 saturated heterocycles. The van der Waals surface area contributed by atoms with Gasteiger partial charge in [-0.2, -0.15) is 13.2 Å². The van der Waals surface area contributed by atoms with E-state index < -0.39 is 27.8 Å². The van der Waals surface area contributed by atoms with E-state index in [9.17, 15) is 26.0 Å². The van der Waals surface area contributed by atoms with Crippen LogP contribution in [0.2, 0.25) is 5.02 Å². The summed E-state index contributed by atoms with van der Waals surface area (Å²) >= 11 is 7.12. The van der Waals surface area contributed by atoms with Crippen molar-refractivity contribution in [1.82, 2.24) is 4.98 Å². The van der Waals surface area contributed by atoms with Crippen LogP contribution in [0, 0.1) is 5.82 Å². The van der Waals surface area contributed by atoms with Gasteiger partial charge >= 0.3 is 12.1 Å². The number of carboxylic acid groups (broad SMARTS) is 1. The molecule has 0 atom stereocenters. The van der Waals surface area contributed by atoms with Crippen LogP contribution >= 0.6 is 22.9 Å². The first-order chi connectivity index (χ1) is 15.9. The molecule has 1 aliphatic heterocycles. The highest BCUT2D eigenvalue weighted by Gasteiger charge is 2.38. The molecule has 14 heteroatoms. The second-order valence-electron chi connectivity index (χ2n) is 6.71. The van der Waals surface area contributed by atoms with Crippen molar-refractivity contribution in [3.8, 4) is 5.75 Å². The molecule has 2 aromatic carbocycles. The third-order valence-electron chi connectivity index (χ3n) is 4.39. The molecule has 4 rings (SSSR count). The van der Waals surface area contributed by atoms with E-state index in [2.05, 4.69) is 4.98 Å². The highest BCUT2D eigenvalue weighted by molar-refractivity contribution is 7.90. The number of thiazole rings is 1. The fraction of sp³-hybridized carbons (Fsp3) is 0.200. The van der Waals surface area contributed by atoms with Gasteiger partial charge in [0.2, 0.25) is 0 Å². The summed E-state index contributed by atoms with van der Waals surface area (Å²) in [5, 5.41) is 9.70. The SMILES string of the molecule is O=C(O)C(F)(F)F.O=S(=O)(Cc1nccs1)c1ccc2c(c1)OCCN2c1ccc(Cl)cc1F. The second kappa shape index (κ2) is 10.2. The van der Waals surface area contributed by atoms with Gasteiger partial charge in [0.15, 0.2) is 9.84 Å². The van der Waals surface area contributed by atoms with Crippen molar-refractivity contribution in [2.24, 2.45) is 0 Å². The molecule has 0 unspecified atom stereocenters. The zero-order valence-electron chi connectivity index (χ0n) is 16.9. The van der Waals surface area contributed by atoms with E-state index in [1.54, 1.807) is 34.7 Å². The van der Waals surface area contributed by atoms with Gasteiger partial charge in [-0.3, -0.25) is 0 Å². The standard InChI is InChI=1S/C18H14ClFN2O3S2.C2HF3O2/c19-12-1-3-15(14(20)9-12)22-6-7-25-17-10-13(2-4-16(17)22)27(23,24)11-18-21-5-8-26-18;3-2(4,5)1(6)7/h1-5,8-10H,6-7,11H2;(H,6,7). The van der Waals surface area contributed by atoms with Crippen LogP contribution < -0.4 is 9.64 Å². The lowest BCUT2D eigenvalue weighted by Gasteiger charge is -2.31. The number of fused-ring (bicyclic) bond motifs is 1. The number of nitrogens with zero attached hydrogens (tertiary/aromatic N) is 2. The van der Waals surface area contributed by atoms with Gasteiger partial charge in [-0.1, -0.05) is 11.6 Å². The van der Waals surface area contributed by atoms with Crippen LogP contribution in [-0.2, 0) is 20.4 Å². The Balaban J connectivity index is 0.000000406. The summed E-state index contributed by atoms with van der Waals surface area (Å²) in [5.74, 6) is -2.97. The van der Waals surface area contributed by atoms with E-state index in [-0.39, 0.29) is 10.6 Å². The van der Waals surface area contributed by atoms with E-state index in [0.717, 1.165) is 0 Å². The zero-order valence-corrected chi connectivity index (χ0v) is 19.3. The molecule has 0 bridgehead atoms. The number of benzene rings is 2. The summed E-state index contributed by atoms with van der Waals surface area (Å²) in [7, 11) is -3.55. The molecule has 0 aliphatic carbocycles. The lowest BCUT2D eigenvalue weighted by atomic mass is 10.2. The number of carboxylic acids is 1. The number of alkyl halides is 3. The third kappa shape index (κ3) is 6.15. The summed E-state index contributed by atoms with van der Waals surface area (Å²) in [6.45, 7) is 0.752. The van der Waals surface area contributed by atoms with Crippen LogP contribution in [0.3, 0.4) is 0 Å². The van der Waals surface area contributed by atoms with E-state index >= 15 is 0 Å². The summed E-state index contributed by atoms with van der Waals surface area (Å²) in [4.78, 5) is 14.8. The average molecular weight is 539 g/mol. The number of aliphatic carboxylic acids is 1. The van der Waals surface area contributed by atoms with Gasteiger partial charge in [0.25, 0.3) is 0 Å². The van der Waals surface area contributed by atoms with Crippen molar-refractivity contribution in [3.05, 3.63) is 63.8 Å². The van der Waals surface area contributed by atoms with Crippen molar-refractivity contribution in [3.63, 3.8) is 0 Å². The number of hydrogen-bond acceptors (Lipinski definition) is 7. The molecule has 0 radical (unpaired) electrons. The molecule has 182 valence electrons. The number of carbonyl (C=O) groups is 1. The van der Waals surface area contributed by atoms with Gasteiger partial charge in [-0.15, -0.1) is 11.3 Å². The Morgan fingerprint density at radius 2 is 1.88 bits per heavy atom.